The third-order valence-electron chi connectivity index (χ3n) is 7.51. The second kappa shape index (κ2) is 14.2. The molecular formula is C33H34N4O7S2. The number of nitrogens with zero attached hydrogens (tertiary/aromatic N) is 3. The van der Waals surface area contributed by atoms with Crippen LogP contribution in [0.3, 0.4) is 0 Å². The highest BCUT2D eigenvalue weighted by atomic mass is 32.2. The third-order valence-corrected chi connectivity index (χ3v) is 9.45. The first kappa shape index (κ1) is 32.8. The number of nitrogens with one attached hydrogen (secondary N) is 1. The minimum Gasteiger partial charge on any atom is -0.466 e. The fourth-order valence-electron chi connectivity index (χ4n) is 5.11. The van der Waals surface area contributed by atoms with Gasteiger partial charge in [0, 0.05) is 42.0 Å². The average molecular weight is 663 g/mol. The van der Waals surface area contributed by atoms with Gasteiger partial charge >= 0.3 is 5.97 Å². The van der Waals surface area contributed by atoms with E-state index in [1.165, 1.54) is 23.5 Å². The van der Waals surface area contributed by atoms with Crippen molar-refractivity contribution in [3.63, 3.8) is 0 Å². The molecule has 0 atom stereocenters. The van der Waals surface area contributed by atoms with Crippen LogP contribution in [0.4, 0.5) is 5.13 Å². The monoisotopic (exact) mass is 662 g/mol. The van der Waals surface area contributed by atoms with Crippen LogP contribution < -0.4 is 10.1 Å². The summed E-state index contributed by atoms with van der Waals surface area (Å²) in [5.41, 5.74) is 3.07. The molecule has 11 nitrogen and oxygen atoms in total. The maximum atomic E-state index is 13.5. The number of ether oxygens (including phenoxy) is 2. The van der Waals surface area contributed by atoms with Gasteiger partial charge in [-0.3, -0.25) is 24.7 Å². The topological polar surface area (TPSA) is 145 Å². The number of aryl methyl sites for hydroxylation is 1. The summed E-state index contributed by atoms with van der Waals surface area (Å²) < 4.78 is 34.9. The van der Waals surface area contributed by atoms with E-state index in [4.69, 9.17) is 9.47 Å². The normalized spacial score (nSPS) is 13.7. The lowest BCUT2D eigenvalue weighted by molar-refractivity contribution is -0.151. The minimum atomic E-state index is -3.36. The molecule has 1 saturated heterocycles. The Morgan fingerprint density at radius 2 is 1.78 bits per heavy atom. The lowest BCUT2D eigenvalue weighted by Gasteiger charge is -2.30. The molecule has 3 heterocycles. The Bertz CT molecular complexity index is 1850. The summed E-state index contributed by atoms with van der Waals surface area (Å²) in [6.45, 7) is 5.00. The molecule has 0 radical (unpaired) electrons. The highest BCUT2D eigenvalue weighted by molar-refractivity contribution is 7.90. The Morgan fingerprint density at radius 3 is 2.46 bits per heavy atom. The molecule has 0 bridgehead atoms. The summed E-state index contributed by atoms with van der Waals surface area (Å²) in [6.07, 6.45) is 4.02. The Balaban J connectivity index is 1.29. The third kappa shape index (κ3) is 8.15. The van der Waals surface area contributed by atoms with Gasteiger partial charge in [0.05, 0.1) is 35.2 Å². The maximum Gasteiger partial charge on any atom is 0.309 e. The van der Waals surface area contributed by atoms with Crippen LogP contribution in [0.1, 0.15) is 41.4 Å². The average Bonchev–Trinajstić information content (AvgIpc) is 3.47. The van der Waals surface area contributed by atoms with Crippen molar-refractivity contribution in [3.8, 4) is 22.8 Å². The predicted molar refractivity (Wildman–Crippen MR) is 174 cm³/mol. The summed E-state index contributed by atoms with van der Waals surface area (Å²) in [5, 5.41) is 4.90. The Kier molecular flexibility index (Phi) is 10.1. The van der Waals surface area contributed by atoms with Gasteiger partial charge in [0.1, 0.15) is 11.5 Å². The summed E-state index contributed by atoms with van der Waals surface area (Å²) in [6, 6.07) is 14.8. The molecule has 1 aliphatic rings. The van der Waals surface area contributed by atoms with Gasteiger partial charge < -0.3 is 14.4 Å². The van der Waals surface area contributed by atoms with Crippen LogP contribution in [0.25, 0.3) is 11.3 Å². The van der Waals surface area contributed by atoms with E-state index in [0.29, 0.717) is 71.7 Å². The van der Waals surface area contributed by atoms with E-state index < -0.39 is 15.7 Å². The van der Waals surface area contributed by atoms with Crippen LogP contribution in [0.5, 0.6) is 11.5 Å². The van der Waals surface area contributed by atoms with Crippen LogP contribution in [0.15, 0.2) is 71.1 Å². The molecule has 0 unspecified atom stereocenters. The molecule has 5 rings (SSSR count). The van der Waals surface area contributed by atoms with Crippen molar-refractivity contribution in [1.29, 1.82) is 0 Å². The Hall–Kier alpha value is -4.62. The van der Waals surface area contributed by atoms with Crippen molar-refractivity contribution >= 4 is 44.1 Å². The molecule has 13 heteroatoms. The number of thiazole rings is 1. The van der Waals surface area contributed by atoms with Crippen molar-refractivity contribution in [3.05, 3.63) is 83.0 Å². The Morgan fingerprint density at radius 1 is 1.04 bits per heavy atom. The van der Waals surface area contributed by atoms with Gasteiger partial charge in [0.2, 0.25) is 5.91 Å². The number of amides is 2. The fourth-order valence-corrected chi connectivity index (χ4v) is 6.45. The van der Waals surface area contributed by atoms with Gasteiger partial charge in [0.25, 0.3) is 5.91 Å². The lowest BCUT2D eigenvalue weighted by atomic mass is 9.97. The van der Waals surface area contributed by atoms with Crippen LogP contribution in [-0.2, 0) is 30.6 Å². The molecule has 1 aliphatic heterocycles. The second-order valence-corrected chi connectivity index (χ2v) is 13.8. The number of carbonyl (C=O) groups is 3. The van der Waals surface area contributed by atoms with E-state index in [-0.39, 0.29) is 29.1 Å². The number of rotatable bonds is 10. The molecular weight excluding hydrogens is 629 g/mol. The number of likely N-dealkylation sites (tertiary alicyclic amines) is 1. The Labute approximate surface area is 271 Å². The number of esters is 1. The van der Waals surface area contributed by atoms with Crippen molar-refractivity contribution in [2.75, 3.05) is 31.3 Å². The number of pyridine rings is 1. The smallest absolute Gasteiger partial charge is 0.309 e. The van der Waals surface area contributed by atoms with Crippen molar-refractivity contribution in [2.24, 2.45) is 5.92 Å². The largest absolute Gasteiger partial charge is 0.466 e. The molecule has 2 amide bonds. The van der Waals surface area contributed by atoms with Crippen LogP contribution >= 0.6 is 11.3 Å². The minimum absolute atomic E-state index is 0.0843. The first-order valence-corrected chi connectivity index (χ1v) is 17.5. The lowest BCUT2D eigenvalue weighted by Crippen LogP contribution is -2.41. The molecule has 2 aromatic heterocycles. The molecule has 46 heavy (non-hydrogen) atoms. The van der Waals surface area contributed by atoms with Crippen LogP contribution in [-0.4, -0.2) is 67.0 Å². The molecule has 1 N–H and O–H groups in total. The predicted octanol–water partition coefficient (Wildman–Crippen LogP) is 5.31. The highest BCUT2D eigenvalue weighted by Crippen LogP contribution is 2.31. The zero-order valence-corrected chi connectivity index (χ0v) is 27.3. The van der Waals surface area contributed by atoms with Gasteiger partial charge in [0.15, 0.2) is 15.0 Å². The number of piperidine rings is 1. The molecule has 2 aromatic carbocycles. The first-order valence-electron chi connectivity index (χ1n) is 14.8. The van der Waals surface area contributed by atoms with Crippen molar-refractivity contribution in [2.45, 2.75) is 38.0 Å². The van der Waals surface area contributed by atoms with Crippen molar-refractivity contribution < 1.29 is 32.3 Å². The van der Waals surface area contributed by atoms with Gasteiger partial charge in [-0.25, -0.2) is 13.4 Å². The van der Waals surface area contributed by atoms with E-state index in [2.05, 4.69) is 15.3 Å². The molecule has 4 aromatic rings. The number of sulfone groups is 1. The van der Waals surface area contributed by atoms with Gasteiger partial charge in [-0.15, -0.1) is 11.3 Å². The van der Waals surface area contributed by atoms with E-state index in [0.717, 1.165) is 11.8 Å². The van der Waals surface area contributed by atoms with Crippen LogP contribution in [0, 0.1) is 12.8 Å². The molecule has 1 fully saturated rings. The molecule has 0 spiro atoms. The SMILES string of the molecule is CCOC(=O)C1CCN(C(=O)Cc2csc(NC(=O)c3cc(Oc4ccc(S(C)(=O)=O)cc4)cc(-c4ncccc4C)c3)n2)CC1. The van der Waals surface area contributed by atoms with Crippen LogP contribution in [0.2, 0.25) is 0 Å². The van der Waals surface area contributed by atoms with Gasteiger partial charge in [-0.2, -0.15) is 0 Å². The number of aromatic nitrogens is 2. The quantitative estimate of drug-likeness (QED) is 0.224. The summed E-state index contributed by atoms with van der Waals surface area (Å²) >= 11 is 1.22. The number of carbonyl (C=O) groups excluding carboxylic acids is 3. The highest BCUT2D eigenvalue weighted by Gasteiger charge is 2.28. The van der Waals surface area contributed by atoms with E-state index in [1.54, 1.807) is 53.7 Å². The van der Waals surface area contributed by atoms with E-state index in [9.17, 15) is 22.8 Å². The summed E-state index contributed by atoms with van der Waals surface area (Å²) in [7, 11) is -3.36. The fraction of sp³-hybridized carbons (Fsp3) is 0.303. The van der Waals surface area contributed by atoms with Gasteiger partial charge in [-0.1, -0.05) is 6.07 Å². The molecule has 240 valence electrons. The standard InChI is InChI=1S/C33H34N4O7S2/c1-4-43-32(40)22-11-14-37(15-12-22)29(38)19-25-20-45-33(35-25)36-31(39)24-16-23(30-21(2)6-5-13-34-30)17-27(18-24)44-26-7-9-28(10-8-26)46(3,41)42/h5-10,13,16-18,20,22H,4,11-12,14-15,19H2,1-3H3,(H,35,36,39). The van der Waals surface area contributed by atoms with E-state index >= 15 is 0 Å². The zero-order chi connectivity index (χ0) is 32.8. The molecule has 0 saturated carbocycles. The second-order valence-electron chi connectivity index (χ2n) is 10.9. The van der Waals surface area contributed by atoms with E-state index in [1.807, 2.05) is 19.1 Å². The van der Waals surface area contributed by atoms with Gasteiger partial charge in [-0.05, 0) is 80.8 Å². The first-order chi connectivity index (χ1) is 22.0. The van der Waals surface area contributed by atoms with Crippen molar-refractivity contribution in [1.82, 2.24) is 14.9 Å². The molecule has 0 aliphatic carbocycles. The number of anilines is 1. The maximum absolute atomic E-state index is 13.5. The number of hydrogen-bond donors (Lipinski definition) is 1. The summed E-state index contributed by atoms with van der Waals surface area (Å²) in [4.78, 5) is 49.2. The zero-order valence-electron chi connectivity index (χ0n) is 25.7. The number of benzene rings is 2. The summed E-state index contributed by atoms with van der Waals surface area (Å²) in [5.74, 6) is -0.158. The number of hydrogen-bond acceptors (Lipinski definition) is 10.